The molecule has 0 aromatic heterocycles. The summed E-state index contributed by atoms with van der Waals surface area (Å²) in [5, 5.41) is 20.3. The van der Waals surface area contributed by atoms with E-state index >= 15 is 0 Å². The lowest BCUT2D eigenvalue weighted by molar-refractivity contribution is -0.162. The predicted octanol–water partition coefficient (Wildman–Crippen LogP) is 3.45. The van der Waals surface area contributed by atoms with Crippen molar-refractivity contribution in [2.75, 3.05) is 0 Å². The number of carboxylic acid groups (broad SMARTS) is 1. The maximum atomic E-state index is 11.5. The molecule has 18 heavy (non-hydrogen) atoms. The molecule has 0 spiro atoms. The molecule has 1 rings (SSSR count). The zero-order chi connectivity index (χ0) is 14.0. The minimum absolute atomic E-state index is 0.0341. The van der Waals surface area contributed by atoms with E-state index in [-0.39, 0.29) is 5.41 Å². The molecule has 3 unspecified atom stereocenters. The number of carbonyl (C=O) groups is 1. The number of aliphatic hydroxyl groups is 1. The van der Waals surface area contributed by atoms with Crippen molar-refractivity contribution in [2.24, 2.45) is 17.3 Å². The lowest BCUT2D eigenvalue weighted by Crippen LogP contribution is -2.50. The van der Waals surface area contributed by atoms with Gasteiger partial charge in [0.1, 0.15) is 0 Å². The molecule has 2 N–H and O–H groups in total. The SMILES string of the molecule is CCCCC(C(=O)O)C1(O)CC(C)CC(C)(C)C1. The number of aliphatic carboxylic acids is 1. The van der Waals surface area contributed by atoms with Gasteiger partial charge in [0.15, 0.2) is 0 Å². The zero-order valence-electron chi connectivity index (χ0n) is 12.2. The Bertz CT molecular complexity index is 298. The Balaban J connectivity index is 2.89. The first-order valence-electron chi connectivity index (χ1n) is 7.15. The van der Waals surface area contributed by atoms with E-state index < -0.39 is 17.5 Å². The van der Waals surface area contributed by atoms with E-state index in [9.17, 15) is 15.0 Å². The second kappa shape index (κ2) is 5.60. The third-order valence-electron chi connectivity index (χ3n) is 4.18. The average Bonchev–Trinajstić information content (AvgIpc) is 2.12. The predicted molar refractivity (Wildman–Crippen MR) is 72.4 cm³/mol. The highest BCUT2D eigenvalue weighted by molar-refractivity contribution is 5.71. The molecule has 1 aliphatic carbocycles. The summed E-state index contributed by atoms with van der Waals surface area (Å²) in [6.45, 7) is 8.43. The fourth-order valence-corrected chi connectivity index (χ4v) is 3.89. The van der Waals surface area contributed by atoms with E-state index in [2.05, 4.69) is 27.7 Å². The molecule has 0 heterocycles. The lowest BCUT2D eigenvalue weighted by Gasteiger charge is -2.47. The van der Waals surface area contributed by atoms with Crippen molar-refractivity contribution in [1.82, 2.24) is 0 Å². The Labute approximate surface area is 111 Å². The van der Waals surface area contributed by atoms with Gasteiger partial charge in [-0.1, -0.05) is 40.5 Å². The van der Waals surface area contributed by atoms with Crippen LogP contribution in [-0.4, -0.2) is 21.8 Å². The molecule has 106 valence electrons. The Kier molecular flexibility index (Phi) is 4.82. The molecule has 1 saturated carbocycles. The van der Waals surface area contributed by atoms with Crippen LogP contribution in [0.25, 0.3) is 0 Å². The largest absolute Gasteiger partial charge is 0.481 e. The molecular formula is C15H28O3. The van der Waals surface area contributed by atoms with Crippen molar-refractivity contribution in [1.29, 1.82) is 0 Å². The van der Waals surface area contributed by atoms with E-state index in [1.807, 2.05) is 0 Å². The third-order valence-corrected chi connectivity index (χ3v) is 4.18. The molecule has 3 nitrogen and oxygen atoms in total. The van der Waals surface area contributed by atoms with Gasteiger partial charge >= 0.3 is 5.97 Å². The summed E-state index contributed by atoms with van der Waals surface area (Å²) in [6.07, 6.45) is 4.72. The highest BCUT2D eigenvalue weighted by atomic mass is 16.4. The number of hydrogen-bond donors (Lipinski definition) is 2. The van der Waals surface area contributed by atoms with Crippen LogP contribution in [0.5, 0.6) is 0 Å². The Morgan fingerprint density at radius 1 is 1.39 bits per heavy atom. The fraction of sp³-hybridized carbons (Fsp3) is 0.933. The molecule has 0 saturated heterocycles. The van der Waals surface area contributed by atoms with Crippen molar-refractivity contribution < 1.29 is 15.0 Å². The number of carboxylic acids is 1. The average molecular weight is 256 g/mol. The van der Waals surface area contributed by atoms with Crippen molar-refractivity contribution in [2.45, 2.75) is 71.8 Å². The van der Waals surface area contributed by atoms with Gasteiger partial charge in [-0.15, -0.1) is 0 Å². The standard InChI is InChI=1S/C15H28O3/c1-5-6-7-12(13(16)17)15(18)9-11(2)8-14(3,4)10-15/h11-12,18H,5-10H2,1-4H3,(H,16,17). The zero-order valence-corrected chi connectivity index (χ0v) is 12.2. The Morgan fingerprint density at radius 3 is 2.44 bits per heavy atom. The second-order valence-electron chi connectivity index (χ2n) is 6.99. The summed E-state index contributed by atoms with van der Waals surface area (Å²) < 4.78 is 0. The van der Waals surface area contributed by atoms with E-state index in [0.29, 0.717) is 25.2 Å². The molecule has 0 bridgehead atoms. The highest BCUT2D eigenvalue weighted by Crippen LogP contribution is 2.47. The van der Waals surface area contributed by atoms with Crippen molar-refractivity contribution in [3.63, 3.8) is 0 Å². The van der Waals surface area contributed by atoms with Crippen LogP contribution in [0.3, 0.4) is 0 Å². The van der Waals surface area contributed by atoms with Gasteiger partial charge in [-0.25, -0.2) is 0 Å². The Hall–Kier alpha value is -0.570. The van der Waals surface area contributed by atoms with Crippen molar-refractivity contribution in [3.05, 3.63) is 0 Å². The van der Waals surface area contributed by atoms with Crippen LogP contribution in [0, 0.1) is 17.3 Å². The fourth-order valence-electron chi connectivity index (χ4n) is 3.89. The molecule has 0 aromatic rings. The van der Waals surface area contributed by atoms with Gasteiger partial charge in [-0.3, -0.25) is 4.79 Å². The molecule has 1 fully saturated rings. The van der Waals surface area contributed by atoms with Crippen LogP contribution < -0.4 is 0 Å². The van der Waals surface area contributed by atoms with Gasteiger partial charge in [-0.05, 0) is 37.0 Å². The van der Waals surface area contributed by atoms with Gasteiger partial charge in [0.2, 0.25) is 0 Å². The van der Waals surface area contributed by atoms with Crippen LogP contribution in [-0.2, 0) is 4.79 Å². The topological polar surface area (TPSA) is 57.5 Å². The monoisotopic (exact) mass is 256 g/mol. The van der Waals surface area contributed by atoms with Gasteiger partial charge in [0, 0.05) is 0 Å². The summed E-state index contributed by atoms with van der Waals surface area (Å²) in [5.41, 5.74) is -0.992. The maximum absolute atomic E-state index is 11.5. The van der Waals surface area contributed by atoms with E-state index in [0.717, 1.165) is 19.3 Å². The summed E-state index contributed by atoms with van der Waals surface area (Å²) in [6, 6.07) is 0. The molecule has 1 aliphatic rings. The number of hydrogen-bond acceptors (Lipinski definition) is 2. The van der Waals surface area contributed by atoms with Crippen molar-refractivity contribution in [3.8, 4) is 0 Å². The lowest BCUT2D eigenvalue weighted by atomic mass is 9.61. The summed E-state index contributed by atoms with van der Waals surface area (Å²) in [5.74, 6) is -1.06. The first kappa shape index (κ1) is 15.5. The molecule has 0 aromatic carbocycles. The normalized spacial score (nSPS) is 33.1. The summed E-state index contributed by atoms with van der Waals surface area (Å²) in [7, 11) is 0. The van der Waals surface area contributed by atoms with Crippen LogP contribution >= 0.6 is 0 Å². The van der Waals surface area contributed by atoms with Crippen LogP contribution in [0.4, 0.5) is 0 Å². The molecule has 0 amide bonds. The summed E-state index contributed by atoms with van der Waals surface area (Å²) >= 11 is 0. The van der Waals surface area contributed by atoms with E-state index in [1.165, 1.54) is 0 Å². The minimum Gasteiger partial charge on any atom is -0.481 e. The van der Waals surface area contributed by atoms with Gasteiger partial charge in [-0.2, -0.15) is 0 Å². The minimum atomic E-state index is -1.03. The van der Waals surface area contributed by atoms with E-state index in [1.54, 1.807) is 0 Å². The van der Waals surface area contributed by atoms with Gasteiger partial charge < -0.3 is 10.2 Å². The molecule has 3 heteroatoms. The first-order valence-corrected chi connectivity index (χ1v) is 7.15. The number of rotatable bonds is 5. The number of unbranched alkanes of at least 4 members (excludes halogenated alkanes) is 1. The van der Waals surface area contributed by atoms with Gasteiger partial charge in [0.05, 0.1) is 11.5 Å². The van der Waals surface area contributed by atoms with Crippen LogP contribution in [0.15, 0.2) is 0 Å². The third kappa shape index (κ3) is 3.71. The van der Waals surface area contributed by atoms with E-state index in [4.69, 9.17) is 0 Å². The molecule has 0 radical (unpaired) electrons. The second-order valence-corrected chi connectivity index (χ2v) is 6.99. The molecular weight excluding hydrogens is 228 g/mol. The maximum Gasteiger partial charge on any atom is 0.309 e. The van der Waals surface area contributed by atoms with Crippen LogP contribution in [0.2, 0.25) is 0 Å². The quantitative estimate of drug-likeness (QED) is 0.792. The molecule has 3 atom stereocenters. The van der Waals surface area contributed by atoms with Gasteiger partial charge in [0.25, 0.3) is 0 Å². The summed E-state index contributed by atoms with van der Waals surface area (Å²) in [4.78, 5) is 11.5. The van der Waals surface area contributed by atoms with Crippen molar-refractivity contribution >= 4 is 5.97 Å². The Morgan fingerprint density at radius 2 is 2.00 bits per heavy atom. The first-order chi connectivity index (χ1) is 8.20. The smallest absolute Gasteiger partial charge is 0.309 e. The highest BCUT2D eigenvalue weighted by Gasteiger charge is 2.48. The van der Waals surface area contributed by atoms with Crippen LogP contribution in [0.1, 0.15) is 66.2 Å². The molecule has 0 aliphatic heterocycles.